The molecule has 3 aromatic heterocycles. The van der Waals surface area contributed by atoms with Gasteiger partial charge in [0.05, 0.1) is 40.4 Å². The molecule has 3 heterocycles. The number of aromatic nitrogens is 6. The lowest BCUT2D eigenvalue weighted by Crippen LogP contribution is -2.25. The van der Waals surface area contributed by atoms with Crippen LogP contribution >= 0.6 is 36.7 Å². The Balaban J connectivity index is 0.000000200. The van der Waals surface area contributed by atoms with Gasteiger partial charge in [0, 0.05) is 46.8 Å². The SMILES string of the molecule is C/C(=N\NC(=S)Nc1ccc(C(=O)O)cc1)c1nn(Cc2ccccc2)c(-c2ccc(C(C)(C)C)cc2)c1O.CCn1nc(/C(C)=N/NC(=S)Nc2ccc(C(=O)O)cc2)c(O)c1-c1ccc(C(C)(C)C)cc1.CCn1nc(/C(C)=N/NC(=S)Nc2ccc(C(=O)O)cc2)c(O)c1-c1ccc(C)c(C)c1. The fourth-order valence-electron chi connectivity index (χ4n) is 10.5. The Kier molecular flexibility index (Phi) is 26.1. The quantitative estimate of drug-likeness (QED) is 0.0203. The fraction of sp³-hybridized carbons (Fsp3) is 0.231. The number of rotatable bonds is 19. The molecule has 0 fully saturated rings. The van der Waals surface area contributed by atoms with Crippen molar-refractivity contribution in [2.45, 2.75) is 120 Å². The van der Waals surface area contributed by atoms with E-state index in [2.05, 4.69) is 124 Å². The number of hydrazone groups is 3. The molecule has 0 saturated heterocycles. The number of nitrogens with zero attached hydrogens (tertiary/aromatic N) is 9. The van der Waals surface area contributed by atoms with Crippen LogP contribution in [0.25, 0.3) is 33.8 Å². The molecule has 105 heavy (non-hydrogen) atoms. The topological polar surface area (TPSA) is 335 Å². The van der Waals surface area contributed by atoms with Crippen molar-refractivity contribution >= 4 is 104 Å². The number of benzene rings is 7. The number of thiocarbonyl (C=S) groups is 3. The fourth-order valence-corrected chi connectivity index (χ4v) is 11.0. The smallest absolute Gasteiger partial charge is 0.335 e. The number of nitrogens with one attached hydrogen (secondary N) is 6. The van der Waals surface area contributed by atoms with Crippen LogP contribution in [0.15, 0.2) is 185 Å². The molecule has 0 saturated carbocycles. The van der Waals surface area contributed by atoms with Gasteiger partial charge < -0.3 is 46.6 Å². The molecule has 27 heteroatoms. The van der Waals surface area contributed by atoms with E-state index in [4.69, 9.17) is 57.1 Å². The Morgan fingerprint density at radius 2 is 0.724 bits per heavy atom. The van der Waals surface area contributed by atoms with Crippen molar-refractivity contribution in [1.29, 1.82) is 0 Å². The summed E-state index contributed by atoms with van der Waals surface area (Å²) in [6.45, 7) is 27.8. The van der Waals surface area contributed by atoms with Crippen molar-refractivity contribution in [3.05, 3.63) is 231 Å². The summed E-state index contributed by atoms with van der Waals surface area (Å²) in [6, 6.07) is 50.8. The highest BCUT2D eigenvalue weighted by atomic mass is 32.1. The summed E-state index contributed by atoms with van der Waals surface area (Å²) in [5.74, 6) is -2.86. The van der Waals surface area contributed by atoms with Crippen molar-refractivity contribution < 1.29 is 45.0 Å². The van der Waals surface area contributed by atoms with E-state index in [1.165, 1.54) is 53.1 Å². The molecule has 0 spiro atoms. The van der Waals surface area contributed by atoms with Gasteiger partial charge in [-0.2, -0.15) is 30.6 Å². The van der Waals surface area contributed by atoms with Crippen LogP contribution in [0, 0.1) is 13.8 Å². The Morgan fingerprint density at radius 3 is 1.03 bits per heavy atom. The zero-order valence-corrected chi connectivity index (χ0v) is 62.9. The summed E-state index contributed by atoms with van der Waals surface area (Å²) < 4.78 is 5.27. The van der Waals surface area contributed by atoms with E-state index in [-0.39, 0.29) is 60.1 Å². The van der Waals surface area contributed by atoms with Gasteiger partial charge in [0.15, 0.2) is 49.7 Å². The van der Waals surface area contributed by atoms with Crippen LogP contribution < -0.4 is 32.2 Å². The van der Waals surface area contributed by atoms with E-state index in [0.29, 0.717) is 88.0 Å². The first-order valence-corrected chi connectivity index (χ1v) is 34.5. The number of hydrogen-bond donors (Lipinski definition) is 12. The first-order valence-electron chi connectivity index (χ1n) is 33.3. The lowest BCUT2D eigenvalue weighted by atomic mass is 9.86. The minimum atomic E-state index is -1.00. The lowest BCUT2D eigenvalue weighted by Gasteiger charge is -2.19. The number of hydrogen-bond acceptors (Lipinski definition) is 15. The predicted octanol–water partition coefficient (Wildman–Crippen LogP) is 15.3. The minimum Gasteiger partial charge on any atom is -0.504 e. The number of carboxylic acid groups (broad SMARTS) is 3. The van der Waals surface area contributed by atoms with Crippen molar-refractivity contribution in [2.75, 3.05) is 16.0 Å². The van der Waals surface area contributed by atoms with Crippen molar-refractivity contribution in [3.63, 3.8) is 0 Å². The van der Waals surface area contributed by atoms with Gasteiger partial charge in [-0.3, -0.25) is 30.3 Å². The van der Waals surface area contributed by atoms with Crippen LogP contribution in [-0.4, -0.2) is 110 Å². The molecule has 0 aliphatic carbocycles. The molecule has 0 atom stereocenters. The summed E-state index contributed by atoms with van der Waals surface area (Å²) in [4.78, 5) is 32.9. The monoisotopic (exact) mass is 1470 g/mol. The standard InChI is InChI=1S/C30H31N5O3S.C25H29N5O3S.C23H25N5O3S/c1-19(32-33-29(39)31-24-16-12-22(13-17-24)28(37)38)25-27(36)26(21-10-14-23(15-11-21)30(2,3)4)35(34-25)18-20-8-6-5-7-9-20;1-6-30-21(16-7-11-18(12-8-16)25(3,4)5)22(31)20(29-30)15(2)27-28-24(34)26-19-13-9-17(10-14-19)23(32)33;1-5-28-20(17-7-6-13(2)14(3)12-17)21(29)19(27-28)15(4)25-26-23(32)24-18-10-8-16(9-11-18)22(30)31/h5-17,36H,18H2,1-4H3,(H,37,38)(H2,31,33,39);7-14,31H,6H2,1-5H3,(H,32,33)(H2,26,28,34);6-12,29H,5H2,1-4H3,(H,30,31)(H2,24,26,32)/b32-19+;27-15+;25-15+. The number of carboxylic acids is 3. The maximum absolute atomic E-state index is 11.3. The predicted molar refractivity (Wildman–Crippen MR) is 427 cm³/mol. The number of aromatic hydroxyl groups is 3. The lowest BCUT2D eigenvalue weighted by molar-refractivity contribution is 0.0686. The van der Waals surface area contributed by atoms with Crippen LogP contribution in [0.2, 0.25) is 0 Å². The molecule has 10 aromatic rings. The molecule has 544 valence electrons. The second-order valence-electron chi connectivity index (χ2n) is 26.3. The number of aryl methyl sites for hydroxylation is 4. The normalized spacial score (nSPS) is 11.6. The molecule has 12 N–H and O–H groups in total. The molecular formula is C78H85N15O9S3. The largest absolute Gasteiger partial charge is 0.504 e. The minimum absolute atomic E-state index is 0.00961. The molecule has 0 aliphatic heterocycles. The highest BCUT2D eigenvalue weighted by Gasteiger charge is 2.26. The van der Waals surface area contributed by atoms with E-state index in [1.807, 2.05) is 100 Å². The third-order valence-corrected chi connectivity index (χ3v) is 17.1. The third-order valence-electron chi connectivity index (χ3n) is 16.6. The summed E-state index contributed by atoms with van der Waals surface area (Å²) in [5.41, 5.74) is 23.3. The van der Waals surface area contributed by atoms with Crippen LogP contribution in [0.5, 0.6) is 17.2 Å². The van der Waals surface area contributed by atoms with Crippen molar-refractivity contribution in [3.8, 4) is 51.0 Å². The van der Waals surface area contributed by atoms with Gasteiger partial charge in [-0.15, -0.1) is 0 Å². The molecule has 0 unspecified atom stereocenters. The van der Waals surface area contributed by atoms with Crippen LogP contribution in [0.3, 0.4) is 0 Å². The highest BCUT2D eigenvalue weighted by molar-refractivity contribution is 7.80. The Morgan fingerprint density at radius 1 is 0.419 bits per heavy atom. The van der Waals surface area contributed by atoms with Crippen LogP contribution in [0.1, 0.15) is 152 Å². The van der Waals surface area contributed by atoms with Gasteiger partial charge >= 0.3 is 17.9 Å². The van der Waals surface area contributed by atoms with Gasteiger partial charge in [0.2, 0.25) is 0 Å². The molecule has 10 rings (SSSR count). The average molecular weight is 1470 g/mol. The van der Waals surface area contributed by atoms with Gasteiger partial charge in [0.25, 0.3) is 0 Å². The number of carbonyl (C=O) groups is 3. The molecular weight excluding hydrogens is 1390 g/mol. The van der Waals surface area contributed by atoms with Crippen LogP contribution in [-0.2, 0) is 30.5 Å². The van der Waals surface area contributed by atoms with E-state index in [0.717, 1.165) is 27.8 Å². The summed E-state index contributed by atoms with van der Waals surface area (Å²) in [7, 11) is 0. The Hall–Kier alpha value is -11.9. The van der Waals surface area contributed by atoms with Crippen molar-refractivity contribution in [2.24, 2.45) is 15.3 Å². The highest BCUT2D eigenvalue weighted by Crippen LogP contribution is 2.38. The second-order valence-corrected chi connectivity index (χ2v) is 27.5. The van der Waals surface area contributed by atoms with E-state index < -0.39 is 17.9 Å². The number of anilines is 3. The van der Waals surface area contributed by atoms with E-state index in [1.54, 1.807) is 71.2 Å². The average Bonchev–Trinajstić information content (AvgIpc) is 1.66. The van der Waals surface area contributed by atoms with E-state index in [9.17, 15) is 29.7 Å². The molecule has 0 radical (unpaired) electrons. The molecule has 0 aliphatic rings. The second kappa shape index (κ2) is 34.8. The molecule has 24 nitrogen and oxygen atoms in total. The summed E-state index contributed by atoms with van der Waals surface area (Å²) >= 11 is 15.8. The number of aromatic carboxylic acids is 3. The van der Waals surface area contributed by atoms with Crippen molar-refractivity contribution in [1.82, 2.24) is 45.6 Å². The molecule has 0 bridgehead atoms. The van der Waals surface area contributed by atoms with Gasteiger partial charge in [-0.05, 0) is 203 Å². The summed E-state index contributed by atoms with van der Waals surface area (Å²) in [6.07, 6.45) is 0. The zero-order chi connectivity index (χ0) is 76.6. The van der Waals surface area contributed by atoms with Gasteiger partial charge in [-0.25, -0.2) is 14.4 Å². The Bertz CT molecular complexity index is 4900. The third kappa shape index (κ3) is 20.7. The summed E-state index contributed by atoms with van der Waals surface area (Å²) in [5, 5.41) is 96.3. The molecule has 7 aromatic carbocycles. The maximum atomic E-state index is 11.3. The Labute approximate surface area is 625 Å². The van der Waals surface area contributed by atoms with Gasteiger partial charge in [-0.1, -0.05) is 133 Å². The maximum Gasteiger partial charge on any atom is 0.335 e. The van der Waals surface area contributed by atoms with Gasteiger partial charge in [0.1, 0.15) is 17.1 Å². The first kappa shape index (κ1) is 78.8. The zero-order valence-electron chi connectivity index (χ0n) is 60.4. The molecule has 0 amide bonds. The first-order chi connectivity index (χ1) is 49.7. The van der Waals surface area contributed by atoms with Crippen LogP contribution in [0.4, 0.5) is 17.1 Å². The van der Waals surface area contributed by atoms with E-state index >= 15 is 0 Å².